The Morgan fingerprint density at radius 2 is 1.50 bits per heavy atom. The van der Waals surface area contributed by atoms with Gasteiger partial charge in [-0.3, -0.25) is 0 Å². The monoisotopic (exact) mass is 294 g/mol. The van der Waals surface area contributed by atoms with Crippen molar-refractivity contribution in [1.29, 1.82) is 0 Å². The smallest absolute Gasteiger partial charge is 0.144 e. The molecule has 0 N–H and O–H groups in total. The summed E-state index contributed by atoms with van der Waals surface area (Å²) in [4.78, 5) is 1.28. The van der Waals surface area contributed by atoms with Crippen molar-refractivity contribution in [2.45, 2.75) is 18.1 Å². The molecule has 0 bridgehead atoms. The third kappa shape index (κ3) is 1.93. The van der Waals surface area contributed by atoms with E-state index in [-0.39, 0.29) is 16.7 Å². The van der Waals surface area contributed by atoms with Gasteiger partial charge in [0, 0.05) is 19.8 Å². The van der Waals surface area contributed by atoms with Gasteiger partial charge in [0.15, 0.2) is 4.21 Å². The molecule has 0 atom stereocenters. The average molecular weight is 294 g/mol. The molecule has 0 saturated carbocycles. The zero-order valence-corrected chi connectivity index (χ0v) is 10.6. The zero-order chi connectivity index (χ0) is 12.4. The van der Waals surface area contributed by atoms with Gasteiger partial charge in [-0.15, -0.1) is 22.7 Å². The molecule has 2 heterocycles. The van der Waals surface area contributed by atoms with Crippen LogP contribution in [0.5, 0.6) is 0 Å². The van der Waals surface area contributed by atoms with Crippen molar-refractivity contribution in [2.24, 2.45) is 0 Å². The third-order valence-electron chi connectivity index (χ3n) is 2.09. The van der Waals surface area contributed by atoms with E-state index in [1.807, 2.05) is 0 Å². The zero-order valence-electron chi connectivity index (χ0n) is 8.19. The van der Waals surface area contributed by atoms with Gasteiger partial charge >= 0.3 is 10.2 Å². The molecule has 0 aliphatic heterocycles. The molecule has 0 unspecified atom stereocenters. The molecule has 0 aliphatic carbocycles. The highest BCUT2D eigenvalue weighted by atomic mass is 32.5. The van der Waals surface area contributed by atoms with E-state index in [1.165, 1.54) is 11.3 Å². The molecule has 0 fully saturated rings. The van der Waals surface area contributed by atoms with Gasteiger partial charge in [-0.25, -0.2) is 0 Å². The van der Waals surface area contributed by atoms with E-state index < -0.39 is 14.4 Å². The Bertz CT molecular complexity index is 539. The molecular weight excluding hydrogens is 287 g/mol. The van der Waals surface area contributed by atoms with Crippen LogP contribution in [0.25, 0.3) is 10.1 Å². The molecule has 0 nitrogen and oxygen atoms in total. The Balaban J connectivity index is 2.81. The van der Waals surface area contributed by atoms with Crippen LogP contribution in [0.1, 0.15) is 9.75 Å². The fourth-order valence-corrected chi connectivity index (χ4v) is 4.72. The highest BCUT2D eigenvalue weighted by molar-refractivity contribution is 8.46. The largest absolute Gasteiger partial charge is 0.318 e. The highest BCUT2D eigenvalue weighted by Crippen LogP contribution is 3.03. The summed E-state index contributed by atoms with van der Waals surface area (Å²) in [6.07, 6.45) is 0. The van der Waals surface area contributed by atoms with Gasteiger partial charge in [-0.1, -0.05) is 19.4 Å². The standard InChI is InChI=1S/C8H7F5S3/c1-4-6-3-7(16(9,10,11,12)13)15-8(6)5(2)14-4/h3H,1-2H3. The molecule has 92 valence electrons. The average Bonchev–Trinajstić information content (AvgIpc) is 2.50. The Morgan fingerprint density at radius 3 is 1.94 bits per heavy atom. The van der Waals surface area contributed by atoms with Crippen LogP contribution in [0.3, 0.4) is 0 Å². The second-order valence-electron chi connectivity index (χ2n) is 3.49. The molecule has 2 aromatic heterocycles. The lowest BCUT2D eigenvalue weighted by molar-refractivity contribution is 0.368. The van der Waals surface area contributed by atoms with Gasteiger partial charge < -0.3 is 0 Å². The first-order valence-electron chi connectivity index (χ1n) is 4.12. The number of hydrogen-bond donors (Lipinski definition) is 0. The van der Waals surface area contributed by atoms with E-state index in [4.69, 9.17) is 0 Å². The summed E-state index contributed by atoms with van der Waals surface area (Å²) in [5, 5.41) is 0.288. The Morgan fingerprint density at radius 1 is 0.938 bits per heavy atom. The first kappa shape index (κ1) is 12.1. The van der Waals surface area contributed by atoms with Crippen molar-refractivity contribution in [3.05, 3.63) is 15.8 Å². The number of thiophene rings is 2. The van der Waals surface area contributed by atoms with Crippen molar-refractivity contribution < 1.29 is 19.4 Å². The number of rotatable bonds is 1. The van der Waals surface area contributed by atoms with Gasteiger partial charge in [0.05, 0.1) is 0 Å². The summed E-state index contributed by atoms with van der Waals surface area (Å²) < 4.78 is 61.3. The van der Waals surface area contributed by atoms with Crippen molar-refractivity contribution in [3.63, 3.8) is 0 Å². The normalized spacial score (nSPS) is 17.4. The fraction of sp³-hybridized carbons (Fsp3) is 0.250. The summed E-state index contributed by atoms with van der Waals surface area (Å²) in [6.45, 7) is 3.26. The SMILES string of the molecule is Cc1sc(C)c2sc(S(F)(F)(F)(F)F)cc12. The van der Waals surface area contributed by atoms with E-state index in [9.17, 15) is 19.4 Å². The molecule has 0 radical (unpaired) electrons. The maximum Gasteiger partial charge on any atom is 0.318 e. The highest BCUT2D eigenvalue weighted by Gasteiger charge is 2.66. The van der Waals surface area contributed by atoms with Crippen LogP contribution in [-0.4, -0.2) is 0 Å². The van der Waals surface area contributed by atoms with Crippen LogP contribution >= 0.6 is 32.9 Å². The number of hydrogen-bond acceptors (Lipinski definition) is 2. The van der Waals surface area contributed by atoms with Crippen molar-refractivity contribution >= 4 is 43.0 Å². The van der Waals surface area contributed by atoms with Gasteiger partial charge in [-0.2, -0.15) is 0 Å². The quantitative estimate of drug-likeness (QED) is 0.546. The second kappa shape index (κ2) is 2.56. The molecule has 0 spiro atoms. The summed E-state index contributed by atoms with van der Waals surface area (Å²) >= 11 is 1.45. The lowest BCUT2D eigenvalue weighted by atomic mass is 10.3. The maximum absolute atomic E-state index is 12.5. The third-order valence-corrected chi connectivity index (χ3v) is 6.38. The topological polar surface area (TPSA) is 0 Å². The lowest BCUT2D eigenvalue weighted by Gasteiger charge is -2.38. The Hall–Kier alpha value is -0.340. The lowest BCUT2D eigenvalue weighted by Crippen LogP contribution is -2.02. The van der Waals surface area contributed by atoms with E-state index in [0.29, 0.717) is 20.5 Å². The van der Waals surface area contributed by atoms with Crippen LogP contribution in [0, 0.1) is 13.8 Å². The van der Waals surface area contributed by atoms with Crippen LogP contribution in [0.2, 0.25) is 0 Å². The first-order chi connectivity index (χ1) is 6.88. The molecule has 0 amide bonds. The van der Waals surface area contributed by atoms with Crippen molar-refractivity contribution in [2.75, 3.05) is 0 Å². The fourth-order valence-electron chi connectivity index (χ4n) is 1.41. The predicted octanol–water partition coefficient (Wildman–Crippen LogP) is 6.24. The number of aryl methyl sites for hydroxylation is 2. The van der Waals surface area contributed by atoms with Gasteiger partial charge in [0.25, 0.3) is 0 Å². The van der Waals surface area contributed by atoms with Crippen molar-refractivity contribution in [3.8, 4) is 0 Å². The molecule has 0 saturated heterocycles. The van der Waals surface area contributed by atoms with E-state index in [0.717, 1.165) is 0 Å². The maximum atomic E-state index is 12.5. The minimum atomic E-state index is -9.51. The van der Waals surface area contributed by atoms with Crippen LogP contribution in [0.15, 0.2) is 10.3 Å². The predicted molar refractivity (Wildman–Crippen MR) is 60.6 cm³/mol. The summed E-state index contributed by atoms with van der Waals surface area (Å²) in [5.41, 5.74) is 0. The van der Waals surface area contributed by atoms with Gasteiger partial charge in [0.2, 0.25) is 0 Å². The molecular formula is C8H7F5S3. The molecule has 2 aromatic rings. The molecule has 2 rings (SSSR count). The van der Waals surface area contributed by atoms with Crippen LogP contribution in [0.4, 0.5) is 19.4 Å². The summed E-state index contributed by atoms with van der Waals surface area (Å²) in [7, 11) is -9.51. The van der Waals surface area contributed by atoms with E-state index >= 15 is 0 Å². The summed E-state index contributed by atoms with van der Waals surface area (Å²) in [6, 6.07) is 0.570. The molecule has 16 heavy (non-hydrogen) atoms. The van der Waals surface area contributed by atoms with Crippen LogP contribution in [-0.2, 0) is 0 Å². The minimum Gasteiger partial charge on any atom is -0.144 e. The van der Waals surface area contributed by atoms with Crippen molar-refractivity contribution in [1.82, 2.24) is 0 Å². The summed E-state index contributed by atoms with van der Waals surface area (Å²) in [5.74, 6) is 0. The van der Waals surface area contributed by atoms with E-state index in [1.54, 1.807) is 13.8 Å². The first-order valence-corrected chi connectivity index (χ1v) is 7.70. The number of halogens is 5. The Labute approximate surface area is 96.4 Å². The number of fused-ring (bicyclic) bond motifs is 1. The van der Waals surface area contributed by atoms with Gasteiger partial charge in [0.1, 0.15) is 0 Å². The second-order valence-corrected chi connectivity index (χ2v) is 8.61. The van der Waals surface area contributed by atoms with Gasteiger partial charge in [-0.05, 0) is 19.9 Å². The van der Waals surface area contributed by atoms with E-state index in [2.05, 4.69) is 0 Å². The molecule has 0 aliphatic rings. The minimum absolute atomic E-state index is 0.137. The van der Waals surface area contributed by atoms with Crippen LogP contribution < -0.4 is 0 Å². The molecule has 0 aromatic carbocycles. The Kier molecular flexibility index (Phi) is 1.94. The molecule has 8 heteroatoms.